The Morgan fingerprint density at radius 3 is 2.69 bits per heavy atom. The summed E-state index contributed by atoms with van der Waals surface area (Å²) in [6.45, 7) is 4.47. The molecule has 0 bridgehead atoms. The highest BCUT2D eigenvalue weighted by molar-refractivity contribution is 6.08. The second-order valence-electron chi connectivity index (χ2n) is 7.27. The Labute approximate surface area is 153 Å². The summed E-state index contributed by atoms with van der Waals surface area (Å²) in [5.41, 5.74) is 3.57. The number of ether oxygens (including phenoxy) is 1. The van der Waals surface area contributed by atoms with E-state index in [1.165, 1.54) is 0 Å². The van der Waals surface area contributed by atoms with Crippen molar-refractivity contribution in [2.24, 2.45) is 0 Å². The van der Waals surface area contributed by atoms with Gasteiger partial charge < -0.3 is 19.7 Å². The van der Waals surface area contributed by atoms with Crippen LogP contribution in [0.1, 0.15) is 53.4 Å². The van der Waals surface area contributed by atoms with Gasteiger partial charge in [0.25, 0.3) is 5.91 Å². The number of carboxylic acids is 1. The number of carboxylic acid groups (broad SMARTS) is 1. The van der Waals surface area contributed by atoms with Gasteiger partial charge in [0.1, 0.15) is 5.60 Å². The summed E-state index contributed by atoms with van der Waals surface area (Å²) >= 11 is 0. The largest absolute Gasteiger partial charge is 0.481 e. The molecule has 0 spiro atoms. The highest BCUT2D eigenvalue weighted by Crippen LogP contribution is 2.43. The van der Waals surface area contributed by atoms with Crippen molar-refractivity contribution in [3.8, 4) is 0 Å². The summed E-state index contributed by atoms with van der Waals surface area (Å²) in [5, 5.41) is 10.4. The molecule has 1 aliphatic heterocycles. The lowest BCUT2D eigenvalue weighted by atomic mass is 9.84. The number of carbonyl (C=O) groups is 2. The molecule has 3 rings (SSSR count). The summed E-state index contributed by atoms with van der Waals surface area (Å²) < 4.78 is 6.05. The molecular weight excluding hydrogens is 332 g/mol. The fourth-order valence-corrected chi connectivity index (χ4v) is 4.06. The number of rotatable bonds is 5. The molecule has 0 saturated heterocycles. The third-order valence-corrected chi connectivity index (χ3v) is 5.18. The van der Waals surface area contributed by atoms with Crippen molar-refractivity contribution in [1.82, 2.24) is 9.88 Å². The topological polar surface area (TPSA) is 82.6 Å². The van der Waals surface area contributed by atoms with Gasteiger partial charge in [-0.15, -0.1) is 0 Å². The van der Waals surface area contributed by atoms with E-state index < -0.39 is 11.6 Å². The smallest absolute Gasteiger partial charge is 0.306 e. The van der Waals surface area contributed by atoms with Crippen molar-refractivity contribution < 1.29 is 19.4 Å². The number of aromatic nitrogens is 1. The molecule has 2 N–H and O–H groups in total. The lowest BCUT2D eigenvalue weighted by molar-refractivity contribution is -0.149. The molecule has 0 radical (unpaired) electrons. The van der Waals surface area contributed by atoms with Crippen LogP contribution in [0.5, 0.6) is 0 Å². The van der Waals surface area contributed by atoms with Crippen LogP contribution >= 0.6 is 0 Å². The normalized spacial score (nSPS) is 19.4. The molecule has 0 saturated carbocycles. The van der Waals surface area contributed by atoms with E-state index in [9.17, 15) is 14.7 Å². The Morgan fingerprint density at radius 1 is 1.35 bits per heavy atom. The van der Waals surface area contributed by atoms with E-state index in [2.05, 4.69) is 4.98 Å². The SMILES string of the molecule is CCCC1(CC(=O)O)OCCc2c1[nH]c1c(C)ccc(C(=O)N(C)C)c21. The Hall–Kier alpha value is -2.34. The van der Waals surface area contributed by atoms with E-state index in [4.69, 9.17) is 4.74 Å². The predicted molar refractivity (Wildman–Crippen MR) is 99.5 cm³/mol. The van der Waals surface area contributed by atoms with Crippen molar-refractivity contribution in [1.29, 1.82) is 0 Å². The molecule has 1 amide bonds. The van der Waals surface area contributed by atoms with Crippen LogP contribution in [0, 0.1) is 6.92 Å². The average molecular weight is 358 g/mol. The fourth-order valence-electron chi connectivity index (χ4n) is 4.06. The molecule has 140 valence electrons. The van der Waals surface area contributed by atoms with E-state index in [1.54, 1.807) is 19.0 Å². The summed E-state index contributed by atoms with van der Waals surface area (Å²) in [7, 11) is 3.48. The van der Waals surface area contributed by atoms with Gasteiger partial charge in [-0.1, -0.05) is 19.4 Å². The highest BCUT2D eigenvalue weighted by atomic mass is 16.5. The molecule has 26 heavy (non-hydrogen) atoms. The summed E-state index contributed by atoms with van der Waals surface area (Å²) in [6, 6.07) is 3.79. The van der Waals surface area contributed by atoms with Crippen LogP contribution in [0.15, 0.2) is 12.1 Å². The Balaban J connectivity index is 2.30. The highest BCUT2D eigenvalue weighted by Gasteiger charge is 2.42. The van der Waals surface area contributed by atoms with Crippen LogP contribution < -0.4 is 0 Å². The Bertz CT molecular complexity index is 868. The fraction of sp³-hybridized carbons (Fsp3) is 0.500. The molecular formula is C20H26N2O4. The number of amides is 1. The van der Waals surface area contributed by atoms with Crippen molar-refractivity contribution in [3.63, 3.8) is 0 Å². The summed E-state index contributed by atoms with van der Waals surface area (Å²) in [5.74, 6) is -0.936. The molecule has 6 heteroatoms. The molecule has 1 aromatic carbocycles. The van der Waals surface area contributed by atoms with Crippen molar-refractivity contribution in [3.05, 3.63) is 34.5 Å². The zero-order valence-electron chi connectivity index (χ0n) is 15.8. The number of H-pyrrole nitrogens is 1. The Kier molecular flexibility index (Phi) is 4.80. The first-order valence-electron chi connectivity index (χ1n) is 9.02. The molecule has 6 nitrogen and oxygen atoms in total. The molecule has 2 heterocycles. The maximum atomic E-state index is 12.7. The molecule has 1 aromatic heterocycles. The first-order chi connectivity index (χ1) is 12.3. The third kappa shape index (κ3) is 2.88. The van der Waals surface area contributed by atoms with E-state index in [0.29, 0.717) is 25.0 Å². The lowest BCUT2D eigenvalue weighted by Crippen LogP contribution is -2.38. The van der Waals surface area contributed by atoms with Gasteiger partial charge >= 0.3 is 5.97 Å². The monoisotopic (exact) mass is 358 g/mol. The maximum absolute atomic E-state index is 12.7. The number of aliphatic carboxylic acids is 1. The van der Waals surface area contributed by atoms with Crippen LogP contribution in [0.2, 0.25) is 0 Å². The summed E-state index contributed by atoms with van der Waals surface area (Å²) in [4.78, 5) is 29.3. The third-order valence-electron chi connectivity index (χ3n) is 5.18. The molecule has 2 aromatic rings. The minimum Gasteiger partial charge on any atom is -0.481 e. The number of nitrogens with one attached hydrogen (secondary N) is 1. The Morgan fingerprint density at radius 2 is 2.08 bits per heavy atom. The molecule has 0 aliphatic carbocycles. The zero-order valence-corrected chi connectivity index (χ0v) is 15.8. The maximum Gasteiger partial charge on any atom is 0.306 e. The second kappa shape index (κ2) is 6.76. The van der Waals surface area contributed by atoms with Crippen molar-refractivity contribution in [2.75, 3.05) is 20.7 Å². The van der Waals surface area contributed by atoms with Crippen LogP contribution in [0.25, 0.3) is 10.9 Å². The number of benzene rings is 1. The summed E-state index contributed by atoms with van der Waals surface area (Å²) in [6.07, 6.45) is 2.01. The van der Waals surface area contributed by atoms with Crippen LogP contribution in [0.3, 0.4) is 0 Å². The van der Waals surface area contributed by atoms with Gasteiger partial charge in [-0.05, 0) is 37.0 Å². The number of carbonyl (C=O) groups excluding carboxylic acids is 1. The van der Waals surface area contributed by atoms with Gasteiger partial charge in [-0.25, -0.2) is 0 Å². The average Bonchev–Trinajstić information content (AvgIpc) is 2.96. The number of nitrogens with zero attached hydrogens (tertiary/aromatic N) is 1. The second-order valence-corrected chi connectivity index (χ2v) is 7.27. The number of fused-ring (bicyclic) bond motifs is 3. The van der Waals surface area contributed by atoms with Crippen LogP contribution in [-0.4, -0.2) is 47.6 Å². The van der Waals surface area contributed by atoms with Gasteiger partial charge in [0.05, 0.1) is 18.7 Å². The van der Waals surface area contributed by atoms with E-state index in [1.807, 2.05) is 26.0 Å². The van der Waals surface area contributed by atoms with Gasteiger partial charge in [0.15, 0.2) is 0 Å². The van der Waals surface area contributed by atoms with Crippen molar-refractivity contribution >= 4 is 22.8 Å². The van der Waals surface area contributed by atoms with Crippen LogP contribution in [-0.2, 0) is 21.6 Å². The first-order valence-corrected chi connectivity index (χ1v) is 9.02. The van der Waals surface area contributed by atoms with E-state index >= 15 is 0 Å². The van der Waals surface area contributed by atoms with Gasteiger partial charge in [0, 0.05) is 30.6 Å². The van der Waals surface area contributed by atoms with Gasteiger partial charge in [0.2, 0.25) is 0 Å². The van der Waals surface area contributed by atoms with Gasteiger partial charge in [-0.2, -0.15) is 0 Å². The standard InChI is InChI=1S/C20H26N2O4/c1-5-9-20(11-15(23)24)18-13(8-10-26-20)16-14(19(25)22(3)4)7-6-12(2)17(16)21-18/h6-7,21H,5,8-11H2,1-4H3,(H,23,24). The van der Waals surface area contributed by atoms with E-state index in [0.717, 1.165) is 34.1 Å². The first kappa shape index (κ1) is 18.5. The van der Waals surface area contributed by atoms with Crippen molar-refractivity contribution in [2.45, 2.75) is 45.1 Å². The minimum absolute atomic E-state index is 0.0531. The predicted octanol–water partition coefficient (Wildman–Crippen LogP) is 3.22. The minimum atomic E-state index is -0.883. The molecule has 0 fully saturated rings. The van der Waals surface area contributed by atoms with E-state index in [-0.39, 0.29) is 12.3 Å². The number of aryl methyl sites for hydroxylation is 1. The molecule has 1 atom stereocenters. The quantitative estimate of drug-likeness (QED) is 0.860. The number of hydrogen-bond acceptors (Lipinski definition) is 3. The number of aromatic amines is 1. The van der Waals surface area contributed by atoms with Crippen LogP contribution in [0.4, 0.5) is 0 Å². The molecule has 1 unspecified atom stereocenters. The molecule has 1 aliphatic rings. The lowest BCUT2D eigenvalue weighted by Gasteiger charge is -2.36. The zero-order chi connectivity index (χ0) is 19.1. The number of hydrogen-bond donors (Lipinski definition) is 2. The van der Waals surface area contributed by atoms with Gasteiger partial charge in [-0.3, -0.25) is 9.59 Å².